The summed E-state index contributed by atoms with van der Waals surface area (Å²) in [6.45, 7) is 39.9. The van der Waals surface area contributed by atoms with Gasteiger partial charge in [-0.1, -0.05) is 103 Å². The van der Waals surface area contributed by atoms with Gasteiger partial charge in [0.15, 0.2) is 22.7 Å². The van der Waals surface area contributed by atoms with Crippen LogP contribution >= 0.6 is 0 Å². The van der Waals surface area contributed by atoms with Crippen LogP contribution in [0.5, 0.6) is 0 Å². The van der Waals surface area contributed by atoms with Gasteiger partial charge in [0.25, 0.3) is 5.91 Å². The van der Waals surface area contributed by atoms with Crippen molar-refractivity contribution in [2.24, 2.45) is 5.84 Å². The van der Waals surface area contributed by atoms with E-state index >= 15 is 0 Å². The third-order valence-corrected chi connectivity index (χ3v) is 24.1. The zero-order chi connectivity index (χ0) is 76.4. The predicted molar refractivity (Wildman–Crippen MR) is 431 cm³/mol. The first kappa shape index (κ1) is 79.4. The molecule has 1 fully saturated rings. The van der Waals surface area contributed by atoms with Crippen molar-refractivity contribution in [2.45, 2.75) is 52.7 Å². The maximum atomic E-state index is 13.1. The molecule has 0 aliphatic carbocycles. The van der Waals surface area contributed by atoms with Crippen LogP contribution in [0.2, 0.25) is 0 Å². The molecule has 22 heteroatoms. The molecule has 0 radical (unpaired) electrons. The van der Waals surface area contributed by atoms with Gasteiger partial charge in [0, 0.05) is 29.3 Å². The number of nitrogens with one attached hydrogen (secondary N) is 5. The molecule has 1 aliphatic heterocycles. The number of rotatable bonds is 15. The first-order valence-corrected chi connectivity index (χ1v) is 38.9. The molecule has 1 aliphatic rings. The number of urea groups is 1. The zero-order valence-corrected chi connectivity index (χ0v) is 63.4. The van der Waals surface area contributed by atoms with Crippen LogP contribution in [0.4, 0.5) is 88.3 Å². The van der Waals surface area contributed by atoms with E-state index in [9.17, 15) is 19.2 Å². The average molecular weight is 1620 g/mol. The summed E-state index contributed by atoms with van der Waals surface area (Å²) in [7, 11) is 0. The Morgan fingerprint density at radius 2 is 0.813 bits per heavy atom. The van der Waals surface area contributed by atoms with E-state index in [4.69, 9.17) is 46.3 Å². The number of hydrazine groups is 4. The van der Waals surface area contributed by atoms with E-state index in [0.29, 0.717) is 64.3 Å². The Morgan fingerprint density at radius 1 is 0.430 bits per heavy atom. The molecule has 21 nitrogen and oxygen atoms in total. The molecule has 5 amide bonds. The van der Waals surface area contributed by atoms with Crippen LogP contribution in [0.3, 0.4) is 0 Å². The van der Waals surface area contributed by atoms with Crippen molar-refractivity contribution in [3.05, 3.63) is 349 Å². The van der Waals surface area contributed by atoms with E-state index in [0.717, 1.165) is 27.8 Å². The van der Waals surface area contributed by atoms with Crippen molar-refractivity contribution in [1.29, 1.82) is 0 Å². The van der Waals surface area contributed by atoms with Gasteiger partial charge in [-0.25, -0.2) is 49.6 Å². The van der Waals surface area contributed by atoms with Gasteiger partial charge >= 0.3 is 141 Å². The molecule has 0 aromatic heterocycles. The molecule has 538 valence electrons. The van der Waals surface area contributed by atoms with Gasteiger partial charge in [0.2, 0.25) is 0 Å². The van der Waals surface area contributed by atoms with Gasteiger partial charge in [-0.2, -0.15) is 5.01 Å². The molecular weight excluding hydrogens is 1540 g/mol. The Kier molecular flexibility index (Phi) is 30.0. The van der Waals surface area contributed by atoms with Gasteiger partial charge in [-0.3, -0.25) is 15.6 Å². The Hall–Kier alpha value is -13.3. The second-order valence-electron chi connectivity index (χ2n) is 25.0. The number of hydrogen-bond donors (Lipinski definition) is 6. The number of ether oxygens (including phenoxy) is 3. The Bertz CT molecular complexity index is 4740. The summed E-state index contributed by atoms with van der Waals surface area (Å²) < 4.78 is 20.3. The summed E-state index contributed by atoms with van der Waals surface area (Å²) in [6, 6.07) is 95.4. The average Bonchev–Trinajstić information content (AvgIpc) is 0.828. The van der Waals surface area contributed by atoms with Crippen LogP contribution in [0.25, 0.3) is 19.4 Å². The van der Waals surface area contributed by atoms with Crippen LogP contribution in [-0.2, 0) is 19.0 Å². The quantitative estimate of drug-likeness (QED) is 0.0186. The number of hydrogen-bond acceptors (Lipinski definition) is 12. The van der Waals surface area contributed by atoms with Gasteiger partial charge in [-0.05, 0) is 151 Å². The van der Waals surface area contributed by atoms with Crippen LogP contribution in [0, 0.1) is 26.3 Å². The van der Waals surface area contributed by atoms with E-state index in [1.807, 2.05) is 91.0 Å². The number of anilines is 9. The molecule has 0 spiro atoms. The molecule has 1 heterocycles. The number of amides is 5. The number of benzene rings is 11. The van der Waals surface area contributed by atoms with Crippen molar-refractivity contribution in [3.8, 4) is 0 Å². The van der Waals surface area contributed by atoms with Crippen molar-refractivity contribution < 1.29 is 33.4 Å². The van der Waals surface area contributed by atoms with Crippen molar-refractivity contribution in [3.63, 3.8) is 0 Å². The van der Waals surface area contributed by atoms with E-state index in [1.165, 1.54) is 25.9 Å². The van der Waals surface area contributed by atoms with Crippen molar-refractivity contribution in [2.75, 3.05) is 66.7 Å². The molecule has 11 aromatic carbocycles. The van der Waals surface area contributed by atoms with Crippen LogP contribution in [0.1, 0.15) is 41.5 Å². The summed E-state index contributed by atoms with van der Waals surface area (Å²) in [4.78, 5) is 64.5. The molecule has 0 bridgehead atoms. The SMILES string of the molecule is [C-]#[N+]c1cccc(N(N)C(=O)OC(C)(C)C)c1.[C-]#[N+]c1cccc(N(Nc2ccccc2)C(=O)OC(C)(C)C)c1.[C-]#[N+]c1cccc(NN(C(=O)Nc2ccc(N3CCOCC3=O)cc2)c2ccccc2)c1.[C-]#[N+]c1cccc(NNc2ccccc2)c1.c1cc[c]([Bi]([c]2ccccc2)[c]2ccccc2)cc1. The van der Waals surface area contributed by atoms with E-state index in [1.54, 1.807) is 162 Å². The second kappa shape index (κ2) is 40.5. The van der Waals surface area contributed by atoms with Crippen LogP contribution < -0.4 is 62.6 Å². The summed E-state index contributed by atoms with van der Waals surface area (Å²) >= 11 is -2.06. The molecule has 0 atom stereocenters. The Morgan fingerprint density at radius 3 is 1.30 bits per heavy atom. The summed E-state index contributed by atoms with van der Waals surface area (Å²) in [5.74, 6) is 5.54. The second-order valence-corrected chi connectivity index (χ2v) is 33.7. The molecular formula is C85H81BiN14O7. The van der Waals surface area contributed by atoms with Crippen molar-refractivity contribution >= 4 is 130 Å². The minimum absolute atomic E-state index is 0.0743. The maximum absolute atomic E-state index is 13.1. The molecule has 107 heavy (non-hydrogen) atoms. The van der Waals surface area contributed by atoms with Gasteiger partial charge in [-0.15, -0.1) is 0 Å². The minimum atomic E-state index is -2.06. The standard InChI is InChI=1S/C24H21N5O3.C18H19N3O2.C13H11N3.C12H15N3O2.3C6H5.Bi/c1-25-19-6-5-7-20(16-19)27-29(22-8-3-2-4-9-22)24(31)26-18-10-12-21(13-11-18)28-14-15-32-17-23(28)30;1-18(2,3)23-17(22)21(20-14-9-6-5-7-10-14)16-12-8-11-15(13-16)19-4;1-14-12-8-5-9-13(10-12)16-15-11-6-3-2-4-7-11;1-12(2,3)17-11(16)15(13)10-7-5-6-9(8-10)14-4;3*1-2-4-6-5-3-1;/h2-13,16,27H,14-15,17H2,(H,26,31);5-13,20H,1-3H3;2-10,15-16H;5-8H,13H2,1-3H3;3*1-5H;. The molecule has 12 rings (SSSR count). The summed E-state index contributed by atoms with van der Waals surface area (Å²) in [6.07, 6.45) is -1.19. The number of carbonyl (C=O) groups excluding carboxylic acids is 4. The Balaban J connectivity index is 0.000000173. The number of para-hydroxylation sites is 3. The topological polar surface area (TPSA) is 213 Å². The number of nitrogens with zero attached hydrogens (tertiary/aromatic N) is 8. The van der Waals surface area contributed by atoms with E-state index < -0.39 is 51.2 Å². The fourth-order valence-electron chi connectivity index (χ4n) is 9.77. The van der Waals surface area contributed by atoms with Gasteiger partial charge in [0.05, 0.1) is 61.3 Å². The van der Waals surface area contributed by atoms with E-state index in [2.05, 4.69) is 137 Å². The first-order valence-electron chi connectivity index (χ1n) is 33.7. The van der Waals surface area contributed by atoms with Gasteiger partial charge in [0.1, 0.15) is 17.8 Å². The normalized spacial score (nSPS) is 11.1. The number of morpholine rings is 1. The molecule has 7 N–H and O–H groups in total. The Labute approximate surface area is 633 Å². The first-order chi connectivity index (χ1) is 51.7. The third kappa shape index (κ3) is 26.2. The number of carbonyl (C=O) groups is 4. The third-order valence-electron chi connectivity index (χ3n) is 14.6. The van der Waals surface area contributed by atoms with Crippen molar-refractivity contribution in [1.82, 2.24) is 0 Å². The molecule has 0 unspecified atom stereocenters. The zero-order valence-electron chi connectivity index (χ0n) is 59.9. The summed E-state index contributed by atoms with van der Waals surface area (Å²) in [5.41, 5.74) is 19.1. The van der Waals surface area contributed by atoms with E-state index in [-0.39, 0.29) is 12.5 Å². The number of nitrogens with two attached hydrogens (primary N) is 1. The molecule has 0 saturated carbocycles. The van der Waals surface area contributed by atoms with Crippen LogP contribution in [-0.4, -0.2) is 76.8 Å². The predicted octanol–water partition coefficient (Wildman–Crippen LogP) is 18.4. The monoisotopic (exact) mass is 1620 g/mol. The molecule has 1 saturated heterocycles. The fraction of sp³-hybridized carbons (Fsp3) is 0.129. The fourth-order valence-corrected chi connectivity index (χ4v) is 18.7. The van der Waals surface area contributed by atoms with Gasteiger partial charge < -0.3 is 35.3 Å². The summed E-state index contributed by atoms with van der Waals surface area (Å²) in [5, 5.41) is 6.43. The van der Waals surface area contributed by atoms with Crippen LogP contribution in [0.15, 0.2) is 303 Å². The molecule has 11 aromatic rings.